The van der Waals surface area contributed by atoms with Crippen LogP contribution in [0.5, 0.6) is 11.5 Å². The molecule has 0 unspecified atom stereocenters. The van der Waals surface area contributed by atoms with Crippen molar-refractivity contribution in [1.29, 1.82) is 0 Å². The minimum absolute atomic E-state index is 0.0569. The zero-order valence-corrected chi connectivity index (χ0v) is 15.9. The van der Waals surface area contributed by atoms with E-state index in [1.165, 1.54) is 11.1 Å². The molecule has 2 aromatic carbocycles. The van der Waals surface area contributed by atoms with Gasteiger partial charge in [-0.1, -0.05) is 12.1 Å². The number of Topliss-reactive ketones (excluding diaryl/α,β-unsaturated/α-hetero) is 1. The average molecular weight is 395 g/mol. The minimum atomic E-state index is -0.583. The van der Waals surface area contributed by atoms with E-state index in [0.717, 1.165) is 19.3 Å². The molecule has 1 aliphatic heterocycles. The molecule has 1 heterocycles. The first-order chi connectivity index (χ1) is 14.1. The standard InChI is InChI=1S/C22H21NO6/c24-18(16-5-4-14-2-1-3-15(14)10-16)7-9-22(26)27-12-21(25)23-17-6-8-19-20(11-17)29-13-28-19/h4-6,8,10-11H,1-3,7,9,12-13H2,(H,23,25). The molecule has 150 valence electrons. The summed E-state index contributed by atoms with van der Waals surface area (Å²) in [5, 5.41) is 2.62. The van der Waals surface area contributed by atoms with E-state index in [0.29, 0.717) is 22.7 Å². The van der Waals surface area contributed by atoms with E-state index in [9.17, 15) is 14.4 Å². The lowest BCUT2D eigenvalue weighted by molar-refractivity contribution is -0.147. The Morgan fingerprint density at radius 3 is 2.66 bits per heavy atom. The third-order valence-corrected chi connectivity index (χ3v) is 5.00. The van der Waals surface area contributed by atoms with Crippen LogP contribution in [0.25, 0.3) is 0 Å². The van der Waals surface area contributed by atoms with Crippen LogP contribution in [0.4, 0.5) is 5.69 Å². The first kappa shape index (κ1) is 19.0. The maximum atomic E-state index is 12.3. The number of amides is 1. The number of benzene rings is 2. The lowest BCUT2D eigenvalue weighted by atomic mass is 10.0. The zero-order chi connectivity index (χ0) is 20.2. The van der Waals surface area contributed by atoms with Gasteiger partial charge in [0.1, 0.15) is 0 Å². The zero-order valence-electron chi connectivity index (χ0n) is 15.9. The average Bonchev–Trinajstić information content (AvgIpc) is 3.38. The van der Waals surface area contributed by atoms with Crippen molar-refractivity contribution < 1.29 is 28.6 Å². The lowest BCUT2D eigenvalue weighted by Gasteiger charge is -2.08. The predicted octanol–water partition coefficient (Wildman–Crippen LogP) is 3.05. The van der Waals surface area contributed by atoms with Crippen molar-refractivity contribution in [3.8, 4) is 11.5 Å². The van der Waals surface area contributed by atoms with Crippen molar-refractivity contribution in [2.75, 3.05) is 18.7 Å². The molecule has 2 aromatic rings. The van der Waals surface area contributed by atoms with Crippen LogP contribution in [-0.4, -0.2) is 31.1 Å². The number of nitrogens with one attached hydrogen (secondary N) is 1. The molecular weight excluding hydrogens is 374 g/mol. The summed E-state index contributed by atoms with van der Waals surface area (Å²) in [5.41, 5.74) is 3.66. The number of esters is 1. The summed E-state index contributed by atoms with van der Waals surface area (Å²) >= 11 is 0. The van der Waals surface area contributed by atoms with Crippen LogP contribution < -0.4 is 14.8 Å². The van der Waals surface area contributed by atoms with E-state index in [4.69, 9.17) is 14.2 Å². The molecule has 0 radical (unpaired) electrons. The van der Waals surface area contributed by atoms with Gasteiger partial charge in [-0.25, -0.2) is 0 Å². The fourth-order valence-corrected chi connectivity index (χ4v) is 3.49. The van der Waals surface area contributed by atoms with Crippen LogP contribution in [0.2, 0.25) is 0 Å². The number of fused-ring (bicyclic) bond motifs is 2. The van der Waals surface area contributed by atoms with Gasteiger partial charge in [0.25, 0.3) is 5.91 Å². The molecule has 0 atom stereocenters. The molecule has 0 saturated carbocycles. The van der Waals surface area contributed by atoms with Crippen molar-refractivity contribution in [3.63, 3.8) is 0 Å². The van der Waals surface area contributed by atoms with E-state index in [1.807, 2.05) is 18.2 Å². The molecule has 7 heteroatoms. The summed E-state index contributed by atoms with van der Waals surface area (Å²) in [6.07, 6.45) is 3.17. The maximum absolute atomic E-state index is 12.3. The number of aryl methyl sites for hydroxylation is 2. The lowest BCUT2D eigenvalue weighted by Crippen LogP contribution is -2.21. The monoisotopic (exact) mass is 395 g/mol. The van der Waals surface area contributed by atoms with Crippen LogP contribution >= 0.6 is 0 Å². The Labute approximate surface area is 168 Å². The molecule has 0 fully saturated rings. The summed E-state index contributed by atoms with van der Waals surface area (Å²) in [6.45, 7) is -0.269. The molecule has 0 aromatic heterocycles. The Bertz CT molecular complexity index is 968. The summed E-state index contributed by atoms with van der Waals surface area (Å²) in [4.78, 5) is 36.2. The van der Waals surface area contributed by atoms with Gasteiger partial charge in [-0.15, -0.1) is 0 Å². The van der Waals surface area contributed by atoms with E-state index < -0.39 is 18.5 Å². The Balaban J connectivity index is 1.20. The Morgan fingerprint density at radius 2 is 1.76 bits per heavy atom. The van der Waals surface area contributed by atoms with Crippen LogP contribution in [0.1, 0.15) is 40.7 Å². The highest BCUT2D eigenvalue weighted by Crippen LogP contribution is 2.34. The van der Waals surface area contributed by atoms with Gasteiger partial charge in [0, 0.05) is 23.7 Å². The SMILES string of the molecule is O=C(COC(=O)CCC(=O)c1ccc2c(c1)CCC2)Nc1ccc2c(c1)OCO2. The highest BCUT2D eigenvalue weighted by molar-refractivity contribution is 5.98. The van der Waals surface area contributed by atoms with E-state index >= 15 is 0 Å². The van der Waals surface area contributed by atoms with Crippen LogP contribution in [-0.2, 0) is 27.2 Å². The Morgan fingerprint density at radius 1 is 0.931 bits per heavy atom. The molecule has 1 aliphatic carbocycles. The van der Waals surface area contributed by atoms with E-state index in [-0.39, 0.29) is 25.4 Å². The second kappa shape index (κ2) is 8.34. The van der Waals surface area contributed by atoms with Crippen molar-refractivity contribution in [2.45, 2.75) is 32.1 Å². The van der Waals surface area contributed by atoms with Crippen molar-refractivity contribution in [1.82, 2.24) is 0 Å². The van der Waals surface area contributed by atoms with Crippen LogP contribution in [0.15, 0.2) is 36.4 Å². The third kappa shape index (κ3) is 4.56. The quantitative estimate of drug-likeness (QED) is 0.572. The molecule has 1 N–H and O–H groups in total. The molecule has 4 rings (SSSR count). The third-order valence-electron chi connectivity index (χ3n) is 5.00. The van der Waals surface area contributed by atoms with E-state index in [1.54, 1.807) is 18.2 Å². The number of ether oxygens (including phenoxy) is 3. The highest BCUT2D eigenvalue weighted by atomic mass is 16.7. The number of rotatable bonds is 7. The van der Waals surface area contributed by atoms with Crippen LogP contribution in [0.3, 0.4) is 0 Å². The van der Waals surface area contributed by atoms with Gasteiger partial charge in [-0.3, -0.25) is 14.4 Å². The molecule has 0 saturated heterocycles. The summed E-state index contributed by atoms with van der Waals surface area (Å²) in [6, 6.07) is 10.7. The molecule has 1 amide bonds. The maximum Gasteiger partial charge on any atom is 0.306 e. The van der Waals surface area contributed by atoms with Gasteiger partial charge < -0.3 is 19.5 Å². The van der Waals surface area contributed by atoms with Gasteiger partial charge >= 0.3 is 5.97 Å². The van der Waals surface area contributed by atoms with Gasteiger partial charge in [0.2, 0.25) is 6.79 Å². The van der Waals surface area contributed by atoms with Gasteiger partial charge in [0.05, 0.1) is 6.42 Å². The van der Waals surface area contributed by atoms with Gasteiger partial charge in [-0.2, -0.15) is 0 Å². The topological polar surface area (TPSA) is 90.9 Å². The molecule has 0 bridgehead atoms. The number of ketones is 1. The second-order valence-corrected chi connectivity index (χ2v) is 7.04. The fourth-order valence-electron chi connectivity index (χ4n) is 3.49. The van der Waals surface area contributed by atoms with Gasteiger partial charge in [-0.05, 0) is 48.6 Å². The number of carbonyl (C=O) groups is 3. The minimum Gasteiger partial charge on any atom is -0.456 e. The smallest absolute Gasteiger partial charge is 0.306 e. The fraction of sp³-hybridized carbons (Fsp3) is 0.318. The number of carbonyl (C=O) groups excluding carboxylic acids is 3. The Hall–Kier alpha value is -3.35. The number of hydrogen-bond acceptors (Lipinski definition) is 6. The predicted molar refractivity (Wildman–Crippen MR) is 104 cm³/mol. The largest absolute Gasteiger partial charge is 0.456 e. The number of hydrogen-bond donors (Lipinski definition) is 1. The first-order valence-electron chi connectivity index (χ1n) is 9.58. The second-order valence-electron chi connectivity index (χ2n) is 7.04. The molecule has 7 nitrogen and oxygen atoms in total. The first-order valence-corrected chi connectivity index (χ1v) is 9.58. The van der Waals surface area contributed by atoms with E-state index in [2.05, 4.69) is 5.32 Å². The highest BCUT2D eigenvalue weighted by Gasteiger charge is 2.17. The van der Waals surface area contributed by atoms with Crippen molar-refractivity contribution in [2.24, 2.45) is 0 Å². The molecule has 0 spiro atoms. The summed E-state index contributed by atoms with van der Waals surface area (Å²) in [7, 11) is 0. The normalized spacial score (nSPS) is 13.7. The van der Waals surface area contributed by atoms with Crippen molar-refractivity contribution >= 4 is 23.3 Å². The molecular formula is C22H21NO6. The molecule has 29 heavy (non-hydrogen) atoms. The molecule has 2 aliphatic rings. The van der Waals surface area contributed by atoms with Crippen molar-refractivity contribution in [3.05, 3.63) is 53.1 Å². The number of anilines is 1. The van der Waals surface area contributed by atoms with Crippen LogP contribution in [0, 0.1) is 0 Å². The van der Waals surface area contributed by atoms with Gasteiger partial charge in [0.15, 0.2) is 23.9 Å². The Kier molecular flexibility index (Phi) is 5.46. The summed E-state index contributed by atoms with van der Waals surface area (Å²) < 4.78 is 15.4. The summed E-state index contributed by atoms with van der Waals surface area (Å²) in [5.74, 6) is 0.0105.